The molecule has 4 N–H and O–H groups in total. The molecule has 2 aromatic rings. The Morgan fingerprint density at radius 2 is 2.00 bits per heavy atom. The highest BCUT2D eigenvalue weighted by atomic mass is 16.3. The Kier molecular flexibility index (Phi) is 4.70. The molecule has 0 spiro atoms. The average Bonchev–Trinajstić information content (AvgIpc) is 2.62. The highest BCUT2D eigenvalue weighted by Crippen LogP contribution is 2.29. The number of aromatic hydroxyl groups is 1. The Hall–Kier alpha value is -2.31. The lowest BCUT2D eigenvalue weighted by molar-refractivity contribution is -0.913. The lowest BCUT2D eigenvalue weighted by Crippen LogP contribution is -3.15. The van der Waals surface area contributed by atoms with Crippen LogP contribution in [0.3, 0.4) is 0 Å². The summed E-state index contributed by atoms with van der Waals surface area (Å²) in [4.78, 5) is 13.5. The maximum absolute atomic E-state index is 12.1. The number of fused-ring (bicyclic) bond motifs is 4. The molecule has 6 heteroatoms. The minimum absolute atomic E-state index is 0.110. The van der Waals surface area contributed by atoms with Gasteiger partial charge >= 0.3 is 0 Å². The molecular weight excluding hydrogens is 330 g/mol. The number of pyridine rings is 1. The largest absolute Gasteiger partial charge is 0.508 e. The number of benzene rings is 1. The fraction of sp³-hybridized carbons (Fsp3) is 0.450. The van der Waals surface area contributed by atoms with Crippen LogP contribution in [-0.2, 0) is 6.54 Å². The molecule has 1 fully saturated rings. The van der Waals surface area contributed by atoms with E-state index in [1.54, 1.807) is 30.3 Å². The second-order valence-corrected chi connectivity index (χ2v) is 7.64. The number of phenols is 1. The zero-order valence-electron chi connectivity index (χ0n) is 14.8. The van der Waals surface area contributed by atoms with Crippen molar-refractivity contribution >= 4 is 5.69 Å². The first kappa shape index (κ1) is 17.1. The van der Waals surface area contributed by atoms with Crippen molar-refractivity contribution in [2.75, 3.05) is 31.5 Å². The molecule has 1 saturated heterocycles. The van der Waals surface area contributed by atoms with Gasteiger partial charge in [0.2, 0.25) is 0 Å². The number of anilines is 1. The molecule has 138 valence electrons. The van der Waals surface area contributed by atoms with Gasteiger partial charge in [-0.05, 0) is 36.8 Å². The van der Waals surface area contributed by atoms with E-state index >= 15 is 0 Å². The lowest BCUT2D eigenvalue weighted by Gasteiger charge is -2.40. The minimum atomic E-state index is -0.435. The van der Waals surface area contributed by atoms with Gasteiger partial charge in [0.05, 0.1) is 13.1 Å². The summed E-state index contributed by atoms with van der Waals surface area (Å²) in [6.45, 7) is 3.97. The van der Waals surface area contributed by atoms with Gasteiger partial charge in [-0.15, -0.1) is 0 Å². The van der Waals surface area contributed by atoms with Crippen LogP contribution in [0.2, 0.25) is 0 Å². The molecule has 0 amide bonds. The Bertz CT molecular complexity index is 818. The van der Waals surface area contributed by atoms with E-state index in [4.69, 9.17) is 0 Å². The first-order valence-corrected chi connectivity index (χ1v) is 9.33. The number of hydrogen-bond acceptors (Lipinski definition) is 4. The predicted molar refractivity (Wildman–Crippen MR) is 99.7 cm³/mol. The fourth-order valence-corrected chi connectivity index (χ4v) is 4.51. The van der Waals surface area contributed by atoms with Crippen molar-refractivity contribution in [2.45, 2.75) is 25.0 Å². The van der Waals surface area contributed by atoms with Crippen LogP contribution in [0.15, 0.2) is 47.3 Å². The van der Waals surface area contributed by atoms with Crippen LogP contribution in [0.5, 0.6) is 5.75 Å². The van der Waals surface area contributed by atoms with Crippen LogP contribution in [-0.4, -0.2) is 47.1 Å². The van der Waals surface area contributed by atoms with Crippen LogP contribution in [0.4, 0.5) is 5.69 Å². The number of piperidine rings is 1. The maximum Gasteiger partial charge on any atom is 0.250 e. The molecular formula is C20H26N3O3+. The number of likely N-dealkylation sites (tertiary alicyclic amines) is 1. The van der Waals surface area contributed by atoms with E-state index in [9.17, 15) is 15.0 Å². The van der Waals surface area contributed by atoms with Crippen molar-refractivity contribution in [3.05, 3.63) is 58.5 Å². The predicted octanol–water partition coefficient (Wildman–Crippen LogP) is 0.0289. The number of hydrogen-bond donors (Lipinski definition) is 4. The second-order valence-electron chi connectivity index (χ2n) is 7.64. The third-order valence-electron chi connectivity index (χ3n) is 5.61. The van der Waals surface area contributed by atoms with E-state index in [2.05, 4.69) is 11.4 Å². The van der Waals surface area contributed by atoms with Gasteiger partial charge < -0.3 is 25.0 Å². The molecule has 3 heterocycles. The SMILES string of the molecule is O=c1cccc2n1CC1CC2C[NH+](CC(O)CNc2ccc(O)cc2)C1. The summed E-state index contributed by atoms with van der Waals surface area (Å²) >= 11 is 0. The molecule has 0 saturated carbocycles. The summed E-state index contributed by atoms with van der Waals surface area (Å²) in [5.74, 6) is 1.15. The molecule has 26 heavy (non-hydrogen) atoms. The van der Waals surface area contributed by atoms with Crippen molar-refractivity contribution in [1.29, 1.82) is 0 Å². The monoisotopic (exact) mass is 356 g/mol. The highest BCUT2D eigenvalue weighted by Gasteiger charge is 2.37. The van der Waals surface area contributed by atoms with Crippen LogP contribution in [0, 0.1) is 5.92 Å². The standard InChI is InChI=1S/C20H25N3O3/c24-17-6-4-16(5-7-17)21-9-18(25)13-22-10-14-8-15(12-22)19-2-1-3-20(26)23(19)11-14/h1-7,14-15,18,21,24-25H,8-13H2/p+1. The topological polar surface area (TPSA) is 78.9 Å². The first-order chi connectivity index (χ1) is 12.6. The van der Waals surface area contributed by atoms with Crippen LogP contribution < -0.4 is 15.8 Å². The number of quaternary nitrogens is 1. The minimum Gasteiger partial charge on any atom is -0.508 e. The Balaban J connectivity index is 1.35. The van der Waals surface area contributed by atoms with Gasteiger partial charge in [0.25, 0.3) is 5.56 Å². The zero-order valence-corrected chi connectivity index (χ0v) is 14.8. The molecule has 1 aromatic heterocycles. The maximum atomic E-state index is 12.1. The lowest BCUT2D eigenvalue weighted by atomic mass is 9.83. The molecule has 2 aliphatic rings. The molecule has 4 unspecified atom stereocenters. The van der Waals surface area contributed by atoms with E-state index in [-0.39, 0.29) is 11.3 Å². The molecule has 4 atom stereocenters. The summed E-state index contributed by atoms with van der Waals surface area (Å²) in [6.07, 6.45) is 0.713. The van der Waals surface area contributed by atoms with E-state index in [0.717, 1.165) is 37.4 Å². The summed E-state index contributed by atoms with van der Waals surface area (Å²) in [6, 6.07) is 12.4. The van der Waals surface area contributed by atoms with E-state index in [0.29, 0.717) is 24.9 Å². The normalized spacial score (nSPS) is 25.3. The van der Waals surface area contributed by atoms with Gasteiger partial charge in [-0.2, -0.15) is 0 Å². The van der Waals surface area contributed by atoms with Gasteiger partial charge in [-0.25, -0.2) is 0 Å². The Morgan fingerprint density at radius 3 is 2.81 bits per heavy atom. The Labute approximate surface area is 152 Å². The number of phenolic OH excluding ortho intramolecular Hbond substituents is 1. The quantitative estimate of drug-likeness (QED) is 0.570. The number of aliphatic hydroxyl groups excluding tert-OH is 1. The summed E-state index contributed by atoms with van der Waals surface area (Å²) in [5, 5.41) is 23.0. The highest BCUT2D eigenvalue weighted by molar-refractivity contribution is 5.45. The molecule has 0 aliphatic carbocycles. The summed E-state index contributed by atoms with van der Waals surface area (Å²) in [5.41, 5.74) is 2.15. The first-order valence-electron chi connectivity index (χ1n) is 9.33. The number of rotatable bonds is 5. The molecule has 2 aliphatic heterocycles. The number of aromatic nitrogens is 1. The molecule has 0 radical (unpaired) electrons. The number of nitrogens with one attached hydrogen (secondary N) is 2. The summed E-state index contributed by atoms with van der Waals surface area (Å²) in [7, 11) is 0. The van der Waals surface area contributed by atoms with Crippen LogP contribution >= 0.6 is 0 Å². The van der Waals surface area contributed by atoms with Crippen molar-refractivity contribution in [1.82, 2.24) is 4.57 Å². The zero-order chi connectivity index (χ0) is 18.1. The van der Waals surface area contributed by atoms with Gasteiger partial charge in [-0.1, -0.05) is 6.07 Å². The van der Waals surface area contributed by atoms with E-state index < -0.39 is 6.10 Å². The average molecular weight is 356 g/mol. The van der Waals surface area contributed by atoms with Crippen molar-refractivity contribution in [3.63, 3.8) is 0 Å². The molecule has 2 bridgehead atoms. The van der Waals surface area contributed by atoms with E-state index in [1.807, 2.05) is 10.6 Å². The van der Waals surface area contributed by atoms with Crippen molar-refractivity contribution in [3.8, 4) is 5.75 Å². The third kappa shape index (κ3) is 3.61. The van der Waals surface area contributed by atoms with Gasteiger partial charge in [0, 0.05) is 42.4 Å². The molecule has 1 aromatic carbocycles. The second kappa shape index (κ2) is 7.13. The number of nitrogens with zero attached hydrogens (tertiary/aromatic N) is 1. The van der Waals surface area contributed by atoms with Gasteiger partial charge in [-0.3, -0.25) is 4.79 Å². The van der Waals surface area contributed by atoms with Crippen LogP contribution in [0.25, 0.3) is 0 Å². The number of aliphatic hydroxyl groups is 1. The van der Waals surface area contributed by atoms with Crippen molar-refractivity contribution in [2.24, 2.45) is 5.92 Å². The Morgan fingerprint density at radius 1 is 1.19 bits per heavy atom. The fourth-order valence-electron chi connectivity index (χ4n) is 4.51. The van der Waals surface area contributed by atoms with Gasteiger partial charge in [0.15, 0.2) is 0 Å². The van der Waals surface area contributed by atoms with Crippen molar-refractivity contribution < 1.29 is 15.1 Å². The third-order valence-corrected chi connectivity index (χ3v) is 5.61. The van der Waals surface area contributed by atoms with E-state index in [1.165, 1.54) is 4.90 Å². The summed E-state index contributed by atoms with van der Waals surface area (Å²) < 4.78 is 1.94. The van der Waals surface area contributed by atoms with Gasteiger partial charge in [0.1, 0.15) is 18.4 Å². The van der Waals surface area contributed by atoms with Crippen LogP contribution in [0.1, 0.15) is 18.0 Å². The molecule has 4 rings (SSSR count). The smallest absolute Gasteiger partial charge is 0.250 e. The molecule has 6 nitrogen and oxygen atoms in total.